The minimum atomic E-state index is -1.93. The molecule has 5 heteroatoms. The highest BCUT2D eigenvalue weighted by Gasteiger charge is 2.37. The van der Waals surface area contributed by atoms with Crippen molar-refractivity contribution in [3.05, 3.63) is 60.2 Å². The van der Waals surface area contributed by atoms with E-state index in [0.29, 0.717) is 13.0 Å². The molecule has 0 radical (unpaired) electrons. The number of hydrogen-bond acceptors (Lipinski definition) is 3. The zero-order chi connectivity index (χ0) is 23.3. The Bertz CT molecular complexity index is 834. The summed E-state index contributed by atoms with van der Waals surface area (Å²) in [6.45, 7) is 17.2. The molecule has 0 aliphatic carbocycles. The highest BCUT2D eigenvalue weighted by atomic mass is 28.4. The van der Waals surface area contributed by atoms with Crippen molar-refractivity contribution in [1.29, 1.82) is 0 Å². The number of ether oxygens (including phenoxy) is 1. The van der Waals surface area contributed by atoms with Crippen LogP contribution in [-0.2, 0) is 15.6 Å². The predicted molar refractivity (Wildman–Crippen MR) is 132 cm³/mol. The molecule has 1 atom stereocenters. The molecule has 2 aromatic carbocycles. The topological polar surface area (TPSA) is 47.6 Å². The van der Waals surface area contributed by atoms with E-state index in [4.69, 9.17) is 9.16 Å². The second-order valence-corrected chi connectivity index (χ2v) is 15.5. The van der Waals surface area contributed by atoms with E-state index in [1.165, 1.54) is 11.1 Å². The van der Waals surface area contributed by atoms with Gasteiger partial charge in [0.2, 0.25) is 0 Å². The van der Waals surface area contributed by atoms with Crippen LogP contribution < -0.4 is 5.32 Å². The smallest absolute Gasteiger partial charge is 0.407 e. The number of amides is 1. The first-order valence-electron chi connectivity index (χ1n) is 11.0. The van der Waals surface area contributed by atoms with Crippen LogP contribution in [0, 0.1) is 0 Å². The average Bonchev–Trinajstić information content (AvgIpc) is 2.65. The van der Waals surface area contributed by atoms with Gasteiger partial charge in [-0.3, -0.25) is 0 Å². The van der Waals surface area contributed by atoms with Gasteiger partial charge in [-0.25, -0.2) is 4.79 Å². The van der Waals surface area contributed by atoms with Crippen LogP contribution in [0.25, 0.3) is 11.1 Å². The van der Waals surface area contributed by atoms with Gasteiger partial charge in [-0.2, -0.15) is 0 Å². The monoisotopic (exact) mass is 441 g/mol. The van der Waals surface area contributed by atoms with Gasteiger partial charge in [-0.1, -0.05) is 75.4 Å². The van der Waals surface area contributed by atoms with Gasteiger partial charge in [0.1, 0.15) is 5.60 Å². The van der Waals surface area contributed by atoms with Crippen molar-refractivity contribution in [2.24, 2.45) is 0 Å². The number of rotatable bonds is 7. The van der Waals surface area contributed by atoms with E-state index in [-0.39, 0.29) is 11.1 Å². The lowest BCUT2D eigenvalue weighted by Gasteiger charge is -2.37. The molecule has 1 amide bonds. The van der Waals surface area contributed by atoms with Crippen LogP contribution in [0.1, 0.15) is 47.1 Å². The standard InChI is InChI=1S/C26H39NO3Si/c1-25(2,3)30-24(28)27-23(19-29-31(7,8)26(4,5)6)18-20-14-16-22(17-15-20)21-12-10-9-11-13-21/h9-17,23H,18-19H2,1-8H3,(H,27,28)/t23-/m1/s1. The van der Waals surface area contributed by atoms with Gasteiger partial charge in [-0.05, 0) is 62.0 Å². The molecule has 0 bridgehead atoms. The zero-order valence-corrected chi connectivity index (χ0v) is 21.4. The lowest BCUT2D eigenvalue weighted by atomic mass is 10.0. The van der Waals surface area contributed by atoms with Crippen LogP contribution >= 0.6 is 0 Å². The Morgan fingerprint density at radius 2 is 1.45 bits per heavy atom. The molecule has 2 rings (SSSR count). The second kappa shape index (κ2) is 10.0. The van der Waals surface area contributed by atoms with Crippen LogP contribution in [0.2, 0.25) is 18.1 Å². The summed E-state index contributed by atoms with van der Waals surface area (Å²) in [5, 5.41) is 3.14. The molecule has 1 N–H and O–H groups in total. The minimum absolute atomic E-state index is 0.112. The Hall–Kier alpha value is -2.11. The Morgan fingerprint density at radius 1 is 0.903 bits per heavy atom. The number of carbonyl (C=O) groups is 1. The SMILES string of the molecule is CC(C)(C)OC(=O)N[C@@H](CO[Si](C)(C)C(C)(C)C)Cc1ccc(-c2ccccc2)cc1. The van der Waals surface area contributed by atoms with E-state index in [2.05, 4.69) is 75.6 Å². The van der Waals surface area contributed by atoms with Gasteiger partial charge < -0.3 is 14.5 Å². The molecule has 0 heterocycles. The Balaban J connectivity index is 2.12. The summed E-state index contributed by atoms with van der Waals surface area (Å²) in [4.78, 5) is 12.4. The largest absolute Gasteiger partial charge is 0.444 e. The second-order valence-electron chi connectivity index (χ2n) is 10.7. The fourth-order valence-corrected chi connectivity index (χ4v) is 3.95. The maximum absolute atomic E-state index is 12.4. The summed E-state index contributed by atoms with van der Waals surface area (Å²) < 4.78 is 11.9. The third-order valence-corrected chi connectivity index (χ3v) is 10.2. The Labute approximate surface area is 189 Å². The number of carbonyl (C=O) groups excluding carboxylic acids is 1. The third-order valence-electron chi connectivity index (χ3n) is 5.72. The summed E-state index contributed by atoms with van der Waals surface area (Å²) >= 11 is 0. The van der Waals surface area contributed by atoms with Crippen molar-refractivity contribution in [1.82, 2.24) is 5.32 Å². The molecular weight excluding hydrogens is 402 g/mol. The van der Waals surface area contributed by atoms with Crippen molar-refractivity contribution in [3.8, 4) is 11.1 Å². The fraction of sp³-hybridized carbons (Fsp3) is 0.500. The third kappa shape index (κ3) is 8.15. The van der Waals surface area contributed by atoms with E-state index in [1.54, 1.807) is 0 Å². The molecule has 2 aromatic rings. The average molecular weight is 442 g/mol. The van der Waals surface area contributed by atoms with E-state index < -0.39 is 20.0 Å². The van der Waals surface area contributed by atoms with E-state index in [0.717, 1.165) is 5.56 Å². The van der Waals surface area contributed by atoms with Crippen LogP contribution in [-0.4, -0.2) is 32.7 Å². The predicted octanol–water partition coefficient (Wildman–Crippen LogP) is 6.81. The first-order chi connectivity index (χ1) is 14.3. The van der Waals surface area contributed by atoms with Gasteiger partial charge >= 0.3 is 6.09 Å². The molecule has 0 unspecified atom stereocenters. The lowest BCUT2D eigenvalue weighted by Crippen LogP contribution is -2.48. The molecule has 31 heavy (non-hydrogen) atoms. The number of benzene rings is 2. The fourth-order valence-electron chi connectivity index (χ4n) is 2.90. The van der Waals surface area contributed by atoms with E-state index in [1.807, 2.05) is 39.0 Å². The number of alkyl carbamates (subject to hydrolysis) is 1. The van der Waals surface area contributed by atoms with Gasteiger partial charge in [-0.15, -0.1) is 0 Å². The Morgan fingerprint density at radius 3 is 1.97 bits per heavy atom. The molecule has 4 nitrogen and oxygen atoms in total. The van der Waals surface area contributed by atoms with Crippen molar-refractivity contribution in [2.45, 2.75) is 77.7 Å². The van der Waals surface area contributed by atoms with Crippen LogP contribution in [0.3, 0.4) is 0 Å². The number of hydrogen-bond donors (Lipinski definition) is 1. The van der Waals surface area contributed by atoms with Crippen LogP contribution in [0.5, 0.6) is 0 Å². The molecule has 0 aliphatic heterocycles. The summed E-state index contributed by atoms with van der Waals surface area (Å²) in [6, 6.07) is 18.7. The molecule has 0 aliphatic rings. The Kier molecular flexibility index (Phi) is 8.12. The summed E-state index contributed by atoms with van der Waals surface area (Å²) in [6.07, 6.45) is 0.278. The maximum atomic E-state index is 12.4. The minimum Gasteiger partial charge on any atom is -0.444 e. The zero-order valence-electron chi connectivity index (χ0n) is 20.4. The van der Waals surface area contributed by atoms with Gasteiger partial charge in [0.25, 0.3) is 0 Å². The summed E-state index contributed by atoms with van der Waals surface area (Å²) in [5.41, 5.74) is 2.99. The molecule has 0 fully saturated rings. The van der Waals surface area contributed by atoms with Gasteiger partial charge in [0.05, 0.1) is 12.6 Å². The first kappa shape index (κ1) is 25.2. The van der Waals surface area contributed by atoms with Crippen molar-refractivity contribution in [3.63, 3.8) is 0 Å². The molecule has 0 saturated heterocycles. The molecule has 170 valence electrons. The molecular formula is C26H39NO3Si. The maximum Gasteiger partial charge on any atom is 0.407 e. The lowest BCUT2D eigenvalue weighted by molar-refractivity contribution is 0.0485. The van der Waals surface area contributed by atoms with Crippen molar-refractivity contribution in [2.75, 3.05) is 6.61 Å². The summed E-state index contributed by atoms with van der Waals surface area (Å²) in [7, 11) is -1.93. The van der Waals surface area contributed by atoms with E-state index >= 15 is 0 Å². The van der Waals surface area contributed by atoms with Crippen molar-refractivity contribution >= 4 is 14.4 Å². The molecule has 0 aromatic heterocycles. The van der Waals surface area contributed by atoms with Gasteiger partial charge in [0.15, 0.2) is 8.32 Å². The number of nitrogens with one attached hydrogen (secondary N) is 1. The van der Waals surface area contributed by atoms with Crippen LogP contribution in [0.15, 0.2) is 54.6 Å². The quantitative estimate of drug-likeness (QED) is 0.480. The highest BCUT2D eigenvalue weighted by molar-refractivity contribution is 6.74. The van der Waals surface area contributed by atoms with Crippen molar-refractivity contribution < 1.29 is 14.0 Å². The van der Waals surface area contributed by atoms with Gasteiger partial charge in [0, 0.05) is 0 Å². The molecule has 0 saturated carbocycles. The molecule has 0 spiro atoms. The van der Waals surface area contributed by atoms with E-state index in [9.17, 15) is 4.79 Å². The normalized spacial score (nSPS) is 13.5. The summed E-state index contributed by atoms with van der Waals surface area (Å²) in [5.74, 6) is 0. The first-order valence-corrected chi connectivity index (χ1v) is 14.0. The van der Waals surface area contributed by atoms with Crippen LogP contribution in [0.4, 0.5) is 4.79 Å². The highest BCUT2D eigenvalue weighted by Crippen LogP contribution is 2.36.